The van der Waals surface area contributed by atoms with Gasteiger partial charge in [0.25, 0.3) is 0 Å². The first-order valence-electron chi connectivity index (χ1n) is 5.08. The van der Waals surface area contributed by atoms with Crippen LogP contribution in [0.3, 0.4) is 0 Å². The lowest BCUT2D eigenvalue weighted by molar-refractivity contribution is -0.348. The fourth-order valence-electron chi connectivity index (χ4n) is 0.818. The zero-order valence-electron chi connectivity index (χ0n) is 9.62. The Hall–Kier alpha value is -0.810. The summed E-state index contributed by atoms with van der Waals surface area (Å²) in [5.74, 6) is 0. The van der Waals surface area contributed by atoms with E-state index in [4.69, 9.17) is 14.9 Å². The van der Waals surface area contributed by atoms with E-state index in [0.29, 0.717) is 13.0 Å². The van der Waals surface area contributed by atoms with Crippen molar-refractivity contribution in [2.75, 3.05) is 13.2 Å². The molecule has 0 aromatic heterocycles. The highest BCUT2D eigenvalue weighted by Crippen LogP contribution is 2.07. The monoisotopic (exact) mass is 220 g/mol. The van der Waals surface area contributed by atoms with Crippen LogP contribution in [0.25, 0.3) is 0 Å². The van der Waals surface area contributed by atoms with Gasteiger partial charge in [0, 0.05) is 0 Å². The summed E-state index contributed by atoms with van der Waals surface area (Å²) in [6, 6.07) is 0. The Bertz CT molecular complexity index is 173. The molecule has 0 atom stereocenters. The number of hydrogen-bond acceptors (Lipinski definition) is 4. The van der Waals surface area contributed by atoms with Crippen molar-refractivity contribution in [2.45, 2.75) is 45.6 Å². The van der Waals surface area contributed by atoms with Crippen LogP contribution in [0, 0.1) is 0 Å². The van der Waals surface area contributed by atoms with Crippen LogP contribution in [-0.2, 0) is 14.5 Å². The van der Waals surface area contributed by atoms with Gasteiger partial charge < -0.3 is 9.84 Å². The molecular formula is C10H20O5. The lowest BCUT2D eigenvalue weighted by Crippen LogP contribution is -2.19. The number of carboxylic acid groups (broad SMARTS) is 1. The molecule has 0 aliphatic rings. The lowest BCUT2D eigenvalue weighted by atomic mass is 10.2. The molecular weight excluding hydrogens is 200 g/mol. The third-order valence-electron chi connectivity index (χ3n) is 1.41. The van der Waals surface area contributed by atoms with Gasteiger partial charge in [-0.2, -0.15) is 0 Å². The molecule has 0 aromatic carbocycles. The van der Waals surface area contributed by atoms with E-state index in [1.54, 1.807) is 0 Å². The minimum absolute atomic E-state index is 0.245. The maximum atomic E-state index is 9.98. The average molecular weight is 220 g/mol. The molecule has 90 valence electrons. The number of hydrogen-bond donors (Lipinski definition) is 1. The SMILES string of the molecule is CC(C)(C)OOCCCCCOC(=O)O. The molecule has 5 heteroatoms. The third kappa shape index (κ3) is 13.2. The quantitative estimate of drug-likeness (QED) is 0.309. The highest BCUT2D eigenvalue weighted by Gasteiger charge is 2.10. The molecule has 5 nitrogen and oxygen atoms in total. The summed E-state index contributed by atoms with van der Waals surface area (Å²) < 4.78 is 4.35. The Kier molecular flexibility index (Phi) is 7.07. The molecule has 0 fully saturated rings. The summed E-state index contributed by atoms with van der Waals surface area (Å²) in [5.41, 5.74) is -0.285. The van der Waals surface area contributed by atoms with Crippen molar-refractivity contribution >= 4 is 6.16 Å². The van der Waals surface area contributed by atoms with Gasteiger partial charge in [0.15, 0.2) is 0 Å². The Morgan fingerprint density at radius 1 is 1.13 bits per heavy atom. The van der Waals surface area contributed by atoms with Gasteiger partial charge in [-0.05, 0) is 40.0 Å². The number of rotatable bonds is 7. The van der Waals surface area contributed by atoms with Crippen LogP contribution in [0.15, 0.2) is 0 Å². The Balaban J connectivity index is 3.09. The van der Waals surface area contributed by atoms with Gasteiger partial charge in [0.05, 0.1) is 18.8 Å². The second-order valence-electron chi connectivity index (χ2n) is 4.19. The topological polar surface area (TPSA) is 65.0 Å². The molecule has 0 aromatic rings. The van der Waals surface area contributed by atoms with Crippen LogP contribution in [0.4, 0.5) is 4.79 Å². The molecule has 0 saturated heterocycles. The normalized spacial score (nSPS) is 11.4. The second-order valence-corrected chi connectivity index (χ2v) is 4.19. The summed E-state index contributed by atoms with van der Waals surface area (Å²) in [6.07, 6.45) is 1.19. The lowest BCUT2D eigenvalue weighted by Gasteiger charge is -2.17. The molecule has 15 heavy (non-hydrogen) atoms. The van der Waals surface area contributed by atoms with Crippen molar-refractivity contribution in [3.8, 4) is 0 Å². The van der Waals surface area contributed by atoms with Gasteiger partial charge in [-0.25, -0.2) is 14.6 Å². The largest absolute Gasteiger partial charge is 0.505 e. The number of carbonyl (C=O) groups is 1. The fourth-order valence-corrected chi connectivity index (χ4v) is 0.818. The minimum atomic E-state index is -1.22. The summed E-state index contributed by atoms with van der Waals surface area (Å²) in [5, 5.41) is 8.18. The number of unbranched alkanes of at least 4 members (excludes halogenated alkanes) is 2. The van der Waals surface area contributed by atoms with Gasteiger partial charge in [-0.3, -0.25) is 0 Å². The molecule has 0 aliphatic carbocycles. The van der Waals surface area contributed by atoms with Crippen molar-refractivity contribution in [1.82, 2.24) is 0 Å². The molecule has 0 saturated carbocycles. The smallest absolute Gasteiger partial charge is 0.450 e. The molecule has 1 N–H and O–H groups in total. The first-order chi connectivity index (χ1) is 6.92. The van der Waals surface area contributed by atoms with Gasteiger partial charge in [-0.15, -0.1) is 0 Å². The van der Waals surface area contributed by atoms with Crippen molar-refractivity contribution in [2.24, 2.45) is 0 Å². The zero-order chi connectivity index (χ0) is 11.7. The first-order valence-corrected chi connectivity index (χ1v) is 5.08. The third-order valence-corrected chi connectivity index (χ3v) is 1.41. The van der Waals surface area contributed by atoms with E-state index >= 15 is 0 Å². The van der Waals surface area contributed by atoms with E-state index < -0.39 is 6.16 Å². The summed E-state index contributed by atoms with van der Waals surface area (Å²) in [7, 11) is 0. The first kappa shape index (κ1) is 14.2. The van der Waals surface area contributed by atoms with E-state index in [2.05, 4.69) is 4.74 Å². The van der Waals surface area contributed by atoms with Gasteiger partial charge in [0.2, 0.25) is 0 Å². The predicted octanol–water partition coefficient (Wildman–Crippen LogP) is 2.60. The number of ether oxygens (including phenoxy) is 1. The van der Waals surface area contributed by atoms with E-state index in [1.807, 2.05) is 20.8 Å². The highest BCUT2D eigenvalue weighted by atomic mass is 17.2. The Morgan fingerprint density at radius 2 is 1.73 bits per heavy atom. The summed E-state index contributed by atoms with van der Waals surface area (Å²) >= 11 is 0. The zero-order valence-corrected chi connectivity index (χ0v) is 9.62. The van der Waals surface area contributed by atoms with E-state index in [-0.39, 0.29) is 12.2 Å². The van der Waals surface area contributed by atoms with E-state index in [9.17, 15) is 4.79 Å². The van der Waals surface area contributed by atoms with E-state index in [0.717, 1.165) is 12.8 Å². The van der Waals surface area contributed by atoms with Gasteiger partial charge in [-0.1, -0.05) is 0 Å². The fraction of sp³-hybridized carbons (Fsp3) is 0.900. The highest BCUT2D eigenvalue weighted by molar-refractivity contribution is 5.56. The Labute approximate surface area is 90.2 Å². The Morgan fingerprint density at radius 3 is 2.27 bits per heavy atom. The molecule has 0 amide bonds. The van der Waals surface area contributed by atoms with Crippen molar-refractivity contribution in [3.05, 3.63) is 0 Å². The molecule has 0 rings (SSSR count). The molecule has 0 spiro atoms. The van der Waals surface area contributed by atoms with Crippen LogP contribution in [0.5, 0.6) is 0 Å². The maximum Gasteiger partial charge on any atom is 0.505 e. The molecule has 0 unspecified atom stereocenters. The van der Waals surface area contributed by atoms with Crippen molar-refractivity contribution < 1.29 is 24.4 Å². The molecule has 0 bridgehead atoms. The van der Waals surface area contributed by atoms with Crippen LogP contribution >= 0.6 is 0 Å². The molecule has 0 aliphatic heterocycles. The van der Waals surface area contributed by atoms with Crippen LogP contribution in [0.1, 0.15) is 40.0 Å². The predicted molar refractivity (Wildman–Crippen MR) is 54.6 cm³/mol. The van der Waals surface area contributed by atoms with Gasteiger partial charge in [0.1, 0.15) is 0 Å². The average Bonchev–Trinajstić information content (AvgIpc) is 2.07. The van der Waals surface area contributed by atoms with Crippen LogP contribution < -0.4 is 0 Å². The molecule has 0 radical (unpaired) electrons. The van der Waals surface area contributed by atoms with Crippen LogP contribution in [0.2, 0.25) is 0 Å². The summed E-state index contributed by atoms with van der Waals surface area (Å²) in [6.45, 7) is 6.49. The van der Waals surface area contributed by atoms with Crippen molar-refractivity contribution in [1.29, 1.82) is 0 Å². The van der Waals surface area contributed by atoms with Gasteiger partial charge >= 0.3 is 6.16 Å². The summed E-state index contributed by atoms with van der Waals surface area (Å²) in [4.78, 5) is 20.0. The van der Waals surface area contributed by atoms with E-state index in [1.165, 1.54) is 0 Å². The minimum Gasteiger partial charge on any atom is -0.450 e. The standard InChI is InChI=1S/C10H20O5/c1-10(2,3)15-14-8-6-4-5-7-13-9(11)12/h4-8H2,1-3H3,(H,11,12). The molecule has 0 heterocycles. The maximum absolute atomic E-state index is 9.98. The van der Waals surface area contributed by atoms with Crippen LogP contribution in [-0.4, -0.2) is 30.1 Å². The second kappa shape index (κ2) is 7.48. The van der Waals surface area contributed by atoms with Crippen molar-refractivity contribution in [3.63, 3.8) is 0 Å².